The van der Waals surface area contributed by atoms with E-state index in [0.29, 0.717) is 11.4 Å². The topological polar surface area (TPSA) is 114 Å². The van der Waals surface area contributed by atoms with Crippen molar-refractivity contribution >= 4 is 33.2 Å². The van der Waals surface area contributed by atoms with E-state index >= 15 is 0 Å². The van der Waals surface area contributed by atoms with Crippen LogP contribution in [-0.4, -0.2) is 33.4 Å². The van der Waals surface area contributed by atoms with Crippen molar-refractivity contribution in [3.05, 3.63) is 48.0 Å². The number of amides is 2. The lowest BCUT2D eigenvalue weighted by Crippen LogP contribution is -2.41. The lowest BCUT2D eigenvalue weighted by molar-refractivity contribution is -0.117. The normalized spacial score (nSPS) is 12.1. The first-order chi connectivity index (χ1) is 13.1. The molecule has 2 aromatic carbocycles. The Morgan fingerprint density at radius 3 is 2.29 bits per heavy atom. The van der Waals surface area contributed by atoms with Crippen molar-refractivity contribution in [2.75, 3.05) is 17.7 Å². The molecule has 2 amide bonds. The van der Waals surface area contributed by atoms with Crippen molar-refractivity contribution in [3.63, 3.8) is 0 Å². The molecule has 0 aliphatic carbocycles. The zero-order chi connectivity index (χ0) is 20.9. The van der Waals surface area contributed by atoms with Crippen LogP contribution in [0.15, 0.2) is 47.4 Å². The van der Waals surface area contributed by atoms with Gasteiger partial charge in [0.25, 0.3) is 0 Å². The molecule has 2 aromatic rings. The summed E-state index contributed by atoms with van der Waals surface area (Å²) in [5.41, 5.74) is 1.69. The van der Waals surface area contributed by atoms with Gasteiger partial charge in [0.2, 0.25) is 21.8 Å². The fourth-order valence-corrected chi connectivity index (χ4v) is 3.93. The summed E-state index contributed by atoms with van der Waals surface area (Å²) in [5.74, 6) is -0.597. The molecule has 0 aromatic heterocycles. The molecule has 0 unspecified atom stereocenters. The Balaban J connectivity index is 2.14. The SMILES string of the molecule is COc1ccc(C)cc1S(=O)(=O)N[C@H](C)C(=O)Nc1cccc(NC(C)=O)c1. The molecular weight excluding hydrogens is 382 g/mol. The molecule has 28 heavy (non-hydrogen) atoms. The first-order valence-corrected chi connectivity index (χ1v) is 9.96. The smallest absolute Gasteiger partial charge is 0.244 e. The summed E-state index contributed by atoms with van der Waals surface area (Å²) < 4.78 is 32.8. The predicted octanol–water partition coefficient (Wildman–Crippen LogP) is 2.27. The van der Waals surface area contributed by atoms with Crippen LogP contribution in [0.4, 0.5) is 11.4 Å². The molecule has 0 fully saturated rings. The van der Waals surface area contributed by atoms with Crippen molar-refractivity contribution in [2.24, 2.45) is 0 Å². The number of aryl methyl sites for hydroxylation is 1. The monoisotopic (exact) mass is 405 g/mol. The molecule has 0 aliphatic rings. The largest absolute Gasteiger partial charge is 0.495 e. The summed E-state index contributed by atoms with van der Waals surface area (Å²) in [6, 6.07) is 10.3. The molecule has 0 spiro atoms. The third-order valence-corrected chi connectivity index (χ3v) is 5.35. The number of hydrogen-bond acceptors (Lipinski definition) is 5. The molecule has 3 N–H and O–H groups in total. The average molecular weight is 405 g/mol. The number of carbonyl (C=O) groups excluding carboxylic acids is 2. The molecule has 0 saturated heterocycles. The number of carbonyl (C=O) groups is 2. The van der Waals surface area contributed by atoms with Gasteiger partial charge in [-0.05, 0) is 49.7 Å². The van der Waals surface area contributed by atoms with Crippen molar-refractivity contribution in [1.82, 2.24) is 4.72 Å². The van der Waals surface area contributed by atoms with E-state index in [1.54, 1.807) is 43.3 Å². The standard InChI is InChI=1S/C19H23N3O5S/c1-12-8-9-17(27-4)18(10-12)28(25,26)22-13(2)19(24)21-16-7-5-6-15(11-16)20-14(3)23/h5-11,13,22H,1-4H3,(H,20,23)(H,21,24)/t13-/m1/s1. The maximum absolute atomic E-state index is 12.7. The third kappa shape index (κ3) is 5.54. The third-order valence-electron chi connectivity index (χ3n) is 3.78. The Hall–Kier alpha value is -2.91. The molecule has 0 aliphatic heterocycles. The van der Waals surface area contributed by atoms with Crippen molar-refractivity contribution in [2.45, 2.75) is 31.7 Å². The highest BCUT2D eigenvalue weighted by atomic mass is 32.2. The average Bonchev–Trinajstić information content (AvgIpc) is 2.61. The number of nitrogens with one attached hydrogen (secondary N) is 3. The Kier molecular flexibility index (Phi) is 6.76. The van der Waals surface area contributed by atoms with Gasteiger partial charge in [-0.1, -0.05) is 12.1 Å². The van der Waals surface area contributed by atoms with Gasteiger partial charge in [-0.25, -0.2) is 8.42 Å². The molecule has 150 valence electrons. The minimum Gasteiger partial charge on any atom is -0.495 e. The zero-order valence-electron chi connectivity index (χ0n) is 16.1. The quantitative estimate of drug-likeness (QED) is 0.654. The summed E-state index contributed by atoms with van der Waals surface area (Å²) >= 11 is 0. The maximum atomic E-state index is 12.7. The fraction of sp³-hybridized carbons (Fsp3) is 0.263. The van der Waals surface area contributed by atoms with Gasteiger partial charge in [0.1, 0.15) is 10.6 Å². The first kappa shape index (κ1) is 21.4. The van der Waals surface area contributed by atoms with Gasteiger partial charge in [0.05, 0.1) is 13.2 Å². The van der Waals surface area contributed by atoms with E-state index in [-0.39, 0.29) is 16.6 Å². The molecule has 8 nitrogen and oxygen atoms in total. The number of methoxy groups -OCH3 is 1. The van der Waals surface area contributed by atoms with Gasteiger partial charge in [-0.2, -0.15) is 4.72 Å². The van der Waals surface area contributed by atoms with Gasteiger partial charge >= 0.3 is 0 Å². The van der Waals surface area contributed by atoms with Gasteiger partial charge in [-0.15, -0.1) is 0 Å². The number of hydrogen-bond donors (Lipinski definition) is 3. The summed E-state index contributed by atoms with van der Waals surface area (Å²) in [6.07, 6.45) is 0. The summed E-state index contributed by atoms with van der Waals surface area (Å²) in [6.45, 7) is 4.57. The van der Waals surface area contributed by atoms with Crippen LogP contribution in [0.1, 0.15) is 19.4 Å². The number of anilines is 2. The Morgan fingerprint density at radius 2 is 1.68 bits per heavy atom. The van der Waals surface area contributed by atoms with Crippen molar-refractivity contribution in [3.8, 4) is 5.75 Å². The molecular formula is C19H23N3O5S. The van der Waals surface area contributed by atoms with E-state index in [4.69, 9.17) is 4.74 Å². The molecule has 0 bridgehead atoms. The van der Waals surface area contributed by atoms with Crippen LogP contribution in [0, 0.1) is 6.92 Å². The van der Waals surface area contributed by atoms with Crippen LogP contribution in [0.2, 0.25) is 0 Å². The first-order valence-electron chi connectivity index (χ1n) is 8.48. The van der Waals surface area contributed by atoms with E-state index in [2.05, 4.69) is 15.4 Å². The lowest BCUT2D eigenvalue weighted by atomic mass is 10.2. The maximum Gasteiger partial charge on any atom is 0.244 e. The highest BCUT2D eigenvalue weighted by Crippen LogP contribution is 2.25. The molecule has 2 rings (SSSR count). The van der Waals surface area contributed by atoms with E-state index in [1.165, 1.54) is 27.0 Å². The van der Waals surface area contributed by atoms with Crippen molar-refractivity contribution < 1.29 is 22.7 Å². The molecule has 0 saturated carbocycles. The Bertz CT molecular complexity index is 989. The molecule has 0 radical (unpaired) electrons. The van der Waals surface area contributed by atoms with Gasteiger partial charge in [0.15, 0.2) is 0 Å². The molecule has 1 atom stereocenters. The number of ether oxygens (including phenoxy) is 1. The minimum absolute atomic E-state index is 0.0395. The highest BCUT2D eigenvalue weighted by molar-refractivity contribution is 7.89. The second kappa shape index (κ2) is 8.85. The van der Waals surface area contributed by atoms with Crippen LogP contribution in [0.5, 0.6) is 5.75 Å². The molecule has 9 heteroatoms. The van der Waals surface area contributed by atoms with Gasteiger partial charge in [0, 0.05) is 18.3 Å². The predicted molar refractivity (Wildman–Crippen MR) is 107 cm³/mol. The van der Waals surface area contributed by atoms with Crippen LogP contribution >= 0.6 is 0 Å². The fourth-order valence-electron chi connectivity index (χ4n) is 2.47. The van der Waals surface area contributed by atoms with E-state index < -0.39 is 22.0 Å². The Labute approximate surface area is 164 Å². The second-order valence-corrected chi connectivity index (χ2v) is 7.93. The number of benzene rings is 2. The van der Waals surface area contributed by atoms with Crippen LogP contribution in [-0.2, 0) is 19.6 Å². The summed E-state index contributed by atoms with van der Waals surface area (Å²) in [7, 11) is -2.60. The van der Waals surface area contributed by atoms with E-state index in [1.807, 2.05) is 0 Å². The highest BCUT2D eigenvalue weighted by Gasteiger charge is 2.25. The van der Waals surface area contributed by atoms with Gasteiger partial charge < -0.3 is 15.4 Å². The van der Waals surface area contributed by atoms with Gasteiger partial charge in [-0.3, -0.25) is 9.59 Å². The number of sulfonamides is 1. The molecule has 0 heterocycles. The van der Waals surface area contributed by atoms with Crippen LogP contribution in [0.3, 0.4) is 0 Å². The minimum atomic E-state index is -3.98. The zero-order valence-corrected chi connectivity index (χ0v) is 16.9. The second-order valence-electron chi connectivity index (χ2n) is 6.25. The summed E-state index contributed by atoms with van der Waals surface area (Å²) in [5, 5.41) is 5.23. The van der Waals surface area contributed by atoms with Crippen LogP contribution in [0.25, 0.3) is 0 Å². The van der Waals surface area contributed by atoms with Crippen LogP contribution < -0.4 is 20.1 Å². The number of rotatable bonds is 7. The van der Waals surface area contributed by atoms with E-state index in [9.17, 15) is 18.0 Å². The Morgan fingerprint density at radius 1 is 1.04 bits per heavy atom. The summed E-state index contributed by atoms with van der Waals surface area (Å²) in [4.78, 5) is 23.5. The lowest BCUT2D eigenvalue weighted by Gasteiger charge is -2.16. The van der Waals surface area contributed by atoms with E-state index in [0.717, 1.165) is 5.56 Å². The van der Waals surface area contributed by atoms with Crippen molar-refractivity contribution in [1.29, 1.82) is 0 Å².